The van der Waals surface area contributed by atoms with Gasteiger partial charge in [-0.15, -0.1) is 11.3 Å². The average molecular weight is 450 g/mol. The second-order valence-electron chi connectivity index (χ2n) is 7.59. The molecule has 0 spiro atoms. The first-order valence-electron chi connectivity index (χ1n) is 10.4. The molecule has 32 heavy (non-hydrogen) atoms. The van der Waals surface area contributed by atoms with Crippen LogP contribution in [0.25, 0.3) is 0 Å². The van der Waals surface area contributed by atoms with Crippen LogP contribution in [0.1, 0.15) is 21.8 Å². The standard InChI is InChI=1S/C26H24FNO3S/c27-22-8-10-24(11-9-22)31-18-26-14-21(19-32-26)15-28(17-25-7-4-12-30-25)16-23(29)13-20-5-2-1-3-6-20/h1-12,14,19H,13,15-18H2. The van der Waals surface area contributed by atoms with Gasteiger partial charge in [-0.25, -0.2) is 4.39 Å². The Morgan fingerprint density at radius 1 is 0.969 bits per heavy atom. The molecule has 0 saturated carbocycles. The van der Waals surface area contributed by atoms with Gasteiger partial charge in [-0.05, 0) is 59.0 Å². The summed E-state index contributed by atoms with van der Waals surface area (Å²) in [5.41, 5.74) is 2.14. The molecule has 0 aliphatic carbocycles. The van der Waals surface area contributed by atoms with Crippen molar-refractivity contribution in [3.8, 4) is 5.75 Å². The van der Waals surface area contributed by atoms with Gasteiger partial charge in [0.05, 0.1) is 19.4 Å². The van der Waals surface area contributed by atoms with Gasteiger partial charge in [0.2, 0.25) is 0 Å². The van der Waals surface area contributed by atoms with E-state index < -0.39 is 0 Å². The second kappa shape index (κ2) is 10.9. The lowest BCUT2D eigenvalue weighted by atomic mass is 10.1. The minimum atomic E-state index is -0.283. The Morgan fingerprint density at radius 2 is 1.78 bits per heavy atom. The molecule has 4 rings (SSSR count). The fourth-order valence-corrected chi connectivity index (χ4v) is 4.24. The highest BCUT2D eigenvalue weighted by atomic mass is 32.1. The van der Waals surface area contributed by atoms with E-state index >= 15 is 0 Å². The summed E-state index contributed by atoms with van der Waals surface area (Å²) in [4.78, 5) is 15.9. The van der Waals surface area contributed by atoms with Gasteiger partial charge in [-0.1, -0.05) is 30.3 Å². The first-order chi connectivity index (χ1) is 15.6. The zero-order valence-corrected chi connectivity index (χ0v) is 18.4. The van der Waals surface area contributed by atoms with Crippen LogP contribution in [0.3, 0.4) is 0 Å². The SMILES string of the molecule is O=C(Cc1ccccc1)CN(Cc1csc(COc2ccc(F)cc2)c1)Cc1ccco1. The van der Waals surface area contributed by atoms with E-state index in [1.54, 1.807) is 29.7 Å². The molecule has 4 nitrogen and oxygen atoms in total. The molecule has 0 saturated heterocycles. The smallest absolute Gasteiger partial charge is 0.151 e. The minimum Gasteiger partial charge on any atom is -0.488 e. The number of ketones is 1. The number of Topliss-reactive ketones (excluding diaryl/α,β-unsaturated/α-hetero) is 1. The van der Waals surface area contributed by atoms with Crippen LogP contribution in [0.5, 0.6) is 5.75 Å². The number of benzene rings is 2. The molecule has 0 amide bonds. The zero-order chi connectivity index (χ0) is 22.2. The Bertz CT molecular complexity index is 1110. The monoisotopic (exact) mass is 449 g/mol. The molecule has 6 heteroatoms. The number of hydrogen-bond donors (Lipinski definition) is 0. The Kier molecular flexibility index (Phi) is 7.48. The lowest BCUT2D eigenvalue weighted by Crippen LogP contribution is -2.29. The Balaban J connectivity index is 1.37. The molecule has 2 aromatic carbocycles. The molecule has 0 aliphatic heterocycles. The minimum absolute atomic E-state index is 0.165. The predicted molar refractivity (Wildman–Crippen MR) is 123 cm³/mol. The molecule has 0 unspecified atom stereocenters. The Hall–Kier alpha value is -3.22. The van der Waals surface area contributed by atoms with E-state index in [4.69, 9.17) is 9.15 Å². The number of furan rings is 1. The maximum atomic E-state index is 13.0. The van der Waals surface area contributed by atoms with E-state index in [2.05, 4.69) is 16.3 Å². The summed E-state index contributed by atoms with van der Waals surface area (Å²) in [5.74, 6) is 1.34. The summed E-state index contributed by atoms with van der Waals surface area (Å²) in [5, 5.41) is 2.08. The van der Waals surface area contributed by atoms with E-state index in [-0.39, 0.29) is 11.6 Å². The van der Waals surface area contributed by atoms with Crippen LogP contribution in [-0.2, 0) is 30.9 Å². The van der Waals surface area contributed by atoms with Crippen molar-refractivity contribution in [1.82, 2.24) is 4.90 Å². The number of hydrogen-bond acceptors (Lipinski definition) is 5. The van der Waals surface area contributed by atoms with Gasteiger partial charge in [0, 0.05) is 17.8 Å². The van der Waals surface area contributed by atoms with Crippen LogP contribution in [-0.4, -0.2) is 17.2 Å². The molecule has 0 N–H and O–H groups in total. The van der Waals surface area contributed by atoms with Gasteiger partial charge in [0.1, 0.15) is 23.9 Å². The number of ether oxygens (including phenoxy) is 1. The van der Waals surface area contributed by atoms with Crippen molar-refractivity contribution in [2.45, 2.75) is 26.1 Å². The molecule has 2 heterocycles. The number of halogens is 1. The highest BCUT2D eigenvalue weighted by molar-refractivity contribution is 7.10. The molecule has 2 aromatic heterocycles. The molecule has 0 radical (unpaired) electrons. The van der Waals surface area contributed by atoms with Gasteiger partial charge >= 0.3 is 0 Å². The van der Waals surface area contributed by atoms with Gasteiger partial charge in [-0.3, -0.25) is 9.69 Å². The van der Waals surface area contributed by atoms with Gasteiger partial charge < -0.3 is 9.15 Å². The summed E-state index contributed by atoms with van der Waals surface area (Å²) in [7, 11) is 0. The van der Waals surface area contributed by atoms with Crippen molar-refractivity contribution >= 4 is 17.1 Å². The average Bonchev–Trinajstić information content (AvgIpc) is 3.46. The molecule has 0 atom stereocenters. The lowest BCUT2D eigenvalue weighted by Gasteiger charge is -2.20. The number of rotatable bonds is 11. The normalized spacial score (nSPS) is 11.1. The number of nitrogens with zero attached hydrogens (tertiary/aromatic N) is 1. The summed E-state index contributed by atoms with van der Waals surface area (Å²) in [6.07, 6.45) is 2.06. The van der Waals surface area contributed by atoms with Crippen molar-refractivity contribution in [3.05, 3.63) is 112 Å². The maximum absolute atomic E-state index is 13.0. The largest absolute Gasteiger partial charge is 0.488 e. The third-order valence-corrected chi connectivity index (χ3v) is 5.87. The first kappa shape index (κ1) is 22.0. The molecule has 0 fully saturated rings. The molecular formula is C26H24FNO3S. The molecule has 164 valence electrons. The molecule has 4 aromatic rings. The summed E-state index contributed by atoms with van der Waals surface area (Å²) < 4.78 is 24.3. The van der Waals surface area contributed by atoms with Crippen molar-refractivity contribution in [3.63, 3.8) is 0 Å². The fourth-order valence-electron chi connectivity index (χ4n) is 3.45. The number of carbonyl (C=O) groups is 1. The quantitative estimate of drug-likeness (QED) is 0.287. The zero-order valence-electron chi connectivity index (χ0n) is 17.6. The van der Waals surface area contributed by atoms with Crippen molar-refractivity contribution in [2.75, 3.05) is 6.54 Å². The Morgan fingerprint density at radius 3 is 2.53 bits per heavy atom. The van der Waals surface area contributed by atoms with Crippen molar-refractivity contribution in [1.29, 1.82) is 0 Å². The van der Waals surface area contributed by atoms with Gasteiger partial charge in [0.25, 0.3) is 0 Å². The molecule has 0 aliphatic rings. The predicted octanol–water partition coefficient (Wildman–Crippen LogP) is 5.87. The maximum Gasteiger partial charge on any atom is 0.151 e. The Labute approximate surface area is 190 Å². The third-order valence-electron chi connectivity index (χ3n) is 4.91. The first-order valence-corrected chi connectivity index (χ1v) is 11.3. The van der Waals surface area contributed by atoms with Gasteiger partial charge in [0.15, 0.2) is 5.78 Å². The van der Waals surface area contributed by atoms with Crippen LogP contribution in [0.15, 0.2) is 88.9 Å². The fraction of sp³-hybridized carbons (Fsp3) is 0.192. The van der Waals surface area contributed by atoms with Crippen LogP contribution in [0.4, 0.5) is 4.39 Å². The molecule has 0 bridgehead atoms. The van der Waals surface area contributed by atoms with E-state index in [1.807, 2.05) is 42.5 Å². The summed E-state index contributed by atoms with van der Waals surface area (Å²) in [6.45, 7) is 1.95. The highest BCUT2D eigenvalue weighted by Gasteiger charge is 2.15. The van der Waals surface area contributed by atoms with E-state index in [1.165, 1.54) is 12.1 Å². The molecular weight excluding hydrogens is 425 g/mol. The van der Waals surface area contributed by atoms with Crippen LogP contribution >= 0.6 is 11.3 Å². The second-order valence-corrected chi connectivity index (χ2v) is 8.59. The van der Waals surface area contributed by atoms with Gasteiger partial charge in [-0.2, -0.15) is 0 Å². The topological polar surface area (TPSA) is 42.7 Å². The van der Waals surface area contributed by atoms with Crippen LogP contribution < -0.4 is 4.74 Å². The summed E-state index contributed by atoms with van der Waals surface area (Å²) >= 11 is 1.61. The van der Waals surface area contributed by atoms with E-state index in [9.17, 15) is 9.18 Å². The third kappa shape index (κ3) is 6.64. The van der Waals surface area contributed by atoms with Crippen LogP contribution in [0, 0.1) is 5.82 Å². The number of thiophene rings is 1. The lowest BCUT2D eigenvalue weighted by molar-refractivity contribution is -0.119. The summed E-state index contributed by atoms with van der Waals surface area (Å²) in [6, 6.07) is 21.7. The van der Waals surface area contributed by atoms with E-state index in [0.29, 0.717) is 38.4 Å². The van der Waals surface area contributed by atoms with Crippen molar-refractivity contribution < 1.29 is 18.3 Å². The van der Waals surface area contributed by atoms with Crippen molar-refractivity contribution in [2.24, 2.45) is 0 Å². The van der Waals surface area contributed by atoms with Crippen LogP contribution in [0.2, 0.25) is 0 Å². The highest BCUT2D eigenvalue weighted by Crippen LogP contribution is 2.21. The van der Waals surface area contributed by atoms with E-state index in [0.717, 1.165) is 21.8 Å². The number of carbonyl (C=O) groups excluding carboxylic acids is 1.